The summed E-state index contributed by atoms with van der Waals surface area (Å²) < 4.78 is 10.6. The summed E-state index contributed by atoms with van der Waals surface area (Å²) in [6, 6.07) is 15.1. The topological polar surface area (TPSA) is 67.9 Å². The number of ether oxygens (including phenoxy) is 2. The van der Waals surface area contributed by atoms with E-state index in [9.17, 15) is 9.59 Å². The largest absolute Gasteiger partial charge is 0.454 e. The molecule has 0 spiro atoms. The van der Waals surface area contributed by atoms with Crippen LogP contribution in [0.3, 0.4) is 0 Å². The number of nitrogens with one attached hydrogen (secondary N) is 1. The Hall–Kier alpha value is -3.02. The quantitative estimate of drug-likeness (QED) is 0.874. The van der Waals surface area contributed by atoms with E-state index in [4.69, 9.17) is 9.47 Å². The molecule has 1 N–H and O–H groups in total. The number of rotatable bonds is 6. The van der Waals surface area contributed by atoms with E-state index < -0.39 is 0 Å². The zero-order chi connectivity index (χ0) is 17.6. The Morgan fingerprint density at radius 3 is 2.56 bits per heavy atom. The molecule has 2 aromatic rings. The maximum atomic E-state index is 12.2. The second-order valence-electron chi connectivity index (χ2n) is 5.83. The Balaban J connectivity index is 1.54. The van der Waals surface area contributed by atoms with Gasteiger partial charge in [-0.3, -0.25) is 9.59 Å². The van der Waals surface area contributed by atoms with Gasteiger partial charge in [0.15, 0.2) is 11.5 Å². The van der Waals surface area contributed by atoms with Crippen LogP contribution in [-0.4, -0.2) is 30.1 Å². The van der Waals surface area contributed by atoms with Crippen molar-refractivity contribution < 1.29 is 19.1 Å². The van der Waals surface area contributed by atoms with Gasteiger partial charge in [0.1, 0.15) is 0 Å². The van der Waals surface area contributed by atoms with Crippen LogP contribution in [0.2, 0.25) is 0 Å². The first-order valence-corrected chi connectivity index (χ1v) is 8.06. The number of hydrogen-bond donors (Lipinski definition) is 1. The average Bonchev–Trinajstić information content (AvgIpc) is 3.08. The summed E-state index contributed by atoms with van der Waals surface area (Å²) in [5.41, 5.74) is 1.90. The number of fused-ring (bicyclic) bond motifs is 1. The zero-order valence-electron chi connectivity index (χ0n) is 14.0. The van der Waals surface area contributed by atoms with E-state index in [1.165, 1.54) is 11.8 Å². The van der Waals surface area contributed by atoms with Gasteiger partial charge in [0.05, 0.1) is 6.54 Å². The average molecular weight is 340 g/mol. The number of carbonyl (C=O) groups excluding carboxylic acids is 2. The van der Waals surface area contributed by atoms with E-state index >= 15 is 0 Å². The molecule has 0 bridgehead atoms. The molecular weight excluding hydrogens is 320 g/mol. The molecule has 0 unspecified atom stereocenters. The first kappa shape index (κ1) is 16.8. The molecule has 6 heteroatoms. The van der Waals surface area contributed by atoms with E-state index in [1.54, 1.807) is 0 Å². The van der Waals surface area contributed by atoms with Crippen LogP contribution in [0.1, 0.15) is 18.1 Å². The summed E-state index contributed by atoms with van der Waals surface area (Å²) >= 11 is 0. The van der Waals surface area contributed by atoms with Crippen molar-refractivity contribution in [2.24, 2.45) is 0 Å². The molecule has 0 saturated heterocycles. The normalized spacial score (nSPS) is 11.9. The van der Waals surface area contributed by atoms with Crippen molar-refractivity contribution >= 4 is 11.8 Å². The second kappa shape index (κ2) is 7.70. The summed E-state index contributed by atoms with van der Waals surface area (Å²) in [5, 5.41) is 2.83. The molecule has 25 heavy (non-hydrogen) atoms. The third-order valence-corrected chi connectivity index (χ3v) is 3.92. The predicted octanol–water partition coefficient (Wildman–Crippen LogP) is 2.08. The fourth-order valence-electron chi connectivity index (χ4n) is 2.56. The van der Waals surface area contributed by atoms with E-state index in [-0.39, 0.29) is 25.2 Å². The minimum absolute atomic E-state index is 0.0226. The van der Waals surface area contributed by atoms with Crippen molar-refractivity contribution in [2.45, 2.75) is 20.0 Å². The lowest BCUT2D eigenvalue weighted by atomic mass is 10.2. The van der Waals surface area contributed by atoms with Crippen LogP contribution in [0.25, 0.3) is 0 Å². The Morgan fingerprint density at radius 1 is 1.04 bits per heavy atom. The Labute approximate surface area is 146 Å². The lowest BCUT2D eigenvalue weighted by Crippen LogP contribution is -2.39. The molecule has 0 saturated carbocycles. The van der Waals surface area contributed by atoms with E-state index in [2.05, 4.69) is 5.32 Å². The molecule has 0 atom stereocenters. The Morgan fingerprint density at radius 2 is 1.80 bits per heavy atom. The number of amides is 2. The lowest BCUT2D eigenvalue weighted by Gasteiger charge is -2.20. The van der Waals surface area contributed by atoms with Crippen molar-refractivity contribution in [3.63, 3.8) is 0 Å². The van der Waals surface area contributed by atoms with Gasteiger partial charge in [-0.15, -0.1) is 0 Å². The standard InChI is InChI=1S/C19H20N2O4/c1-14(22)21(11-15-5-3-2-4-6-15)12-19(23)20-10-16-7-8-17-18(9-16)25-13-24-17/h2-9H,10-13H2,1H3,(H,20,23). The minimum Gasteiger partial charge on any atom is -0.454 e. The van der Waals surface area contributed by atoms with Crippen molar-refractivity contribution in [3.8, 4) is 11.5 Å². The van der Waals surface area contributed by atoms with Crippen LogP contribution >= 0.6 is 0 Å². The van der Waals surface area contributed by atoms with Crippen LogP contribution in [0.15, 0.2) is 48.5 Å². The van der Waals surface area contributed by atoms with Crippen LogP contribution in [0, 0.1) is 0 Å². The first-order valence-electron chi connectivity index (χ1n) is 8.06. The molecule has 0 aromatic heterocycles. The van der Waals surface area contributed by atoms with E-state index in [1.807, 2.05) is 48.5 Å². The Bertz CT molecular complexity index is 761. The lowest BCUT2D eigenvalue weighted by molar-refractivity contribution is -0.135. The first-order chi connectivity index (χ1) is 12.1. The highest BCUT2D eigenvalue weighted by atomic mass is 16.7. The van der Waals surface area contributed by atoms with Crippen molar-refractivity contribution in [1.29, 1.82) is 0 Å². The van der Waals surface area contributed by atoms with E-state index in [0.717, 1.165) is 11.1 Å². The van der Waals surface area contributed by atoms with Gasteiger partial charge in [-0.2, -0.15) is 0 Å². The molecule has 0 radical (unpaired) electrons. The van der Waals surface area contributed by atoms with Crippen molar-refractivity contribution in [1.82, 2.24) is 10.2 Å². The highest BCUT2D eigenvalue weighted by Gasteiger charge is 2.16. The van der Waals surface area contributed by atoms with Crippen LogP contribution in [-0.2, 0) is 22.7 Å². The predicted molar refractivity (Wildman–Crippen MR) is 91.9 cm³/mol. The zero-order valence-corrected chi connectivity index (χ0v) is 14.0. The molecule has 3 rings (SSSR count). The van der Waals surface area contributed by atoms with Crippen molar-refractivity contribution in [2.75, 3.05) is 13.3 Å². The van der Waals surface area contributed by atoms with Gasteiger partial charge in [-0.1, -0.05) is 36.4 Å². The van der Waals surface area contributed by atoms with Gasteiger partial charge in [0.2, 0.25) is 18.6 Å². The highest BCUT2D eigenvalue weighted by molar-refractivity contribution is 5.83. The molecular formula is C19H20N2O4. The molecule has 0 fully saturated rings. The Kier molecular flexibility index (Phi) is 5.18. The smallest absolute Gasteiger partial charge is 0.239 e. The summed E-state index contributed by atoms with van der Waals surface area (Å²) in [7, 11) is 0. The molecule has 130 valence electrons. The van der Waals surface area contributed by atoms with Gasteiger partial charge in [0.25, 0.3) is 0 Å². The molecule has 1 aliphatic heterocycles. The van der Waals surface area contributed by atoms with Crippen LogP contribution < -0.4 is 14.8 Å². The third-order valence-electron chi connectivity index (χ3n) is 3.92. The maximum Gasteiger partial charge on any atom is 0.239 e. The molecule has 2 aromatic carbocycles. The summed E-state index contributed by atoms with van der Waals surface area (Å²) in [6.07, 6.45) is 0. The third kappa shape index (κ3) is 4.50. The monoisotopic (exact) mass is 340 g/mol. The van der Waals surface area contributed by atoms with Crippen molar-refractivity contribution in [3.05, 3.63) is 59.7 Å². The summed E-state index contributed by atoms with van der Waals surface area (Å²) in [5.74, 6) is 1.05. The van der Waals surface area contributed by atoms with Gasteiger partial charge in [-0.05, 0) is 23.3 Å². The maximum absolute atomic E-state index is 12.2. The number of nitrogens with zero attached hydrogens (tertiary/aromatic N) is 1. The van der Waals surface area contributed by atoms with Gasteiger partial charge >= 0.3 is 0 Å². The number of benzene rings is 2. The van der Waals surface area contributed by atoms with Crippen LogP contribution in [0.4, 0.5) is 0 Å². The van der Waals surface area contributed by atoms with Gasteiger partial charge < -0.3 is 19.7 Å². The minimum atomic E-state index is -0.205. The molecule has 0 aliphatic carbocycles. The number of carbonyl (C=O) groups is 2. The second-order valence-corrected chi connectivity index (χ2v) is 5.83. The van der Waals surface area contributed by atoms with Gasteiger partial charge in [0, 0.05) is 20.0 Å². The molecule has 1 heterocycles. The summed E-state index contributed by atoms with van der Waals surface area (Å²) in [6.45, 7) is 2.49. The molecule has 6 nitrogen and oxygen atoms in total. The van der Waals surface area contributed by atoms with E-state index in [0.29, 0.717) is 24.6 Å². The molecule has 2 amide bonds. The summed E-state index contributed by atoms with van der Waals surface area (Å²) in [4.78, 5) is 25.5. The fourth-order valence-corrected chi connectivity index (χ4v) is 2.56. The molecule has 1 aliphatic rings. The fraction of sp³-hybridized carbons (Fsp3) is 0.263. The highest BCUT2D eigenvalue weighted by Crippen LogP contribution is 2.32. The number of hydrogen-bond acceptors (Lipinski definition) is 4. The SMILES string of the molecule is CC(=O)N(CC(=O)NCc1ccc2c(c1)OCO2)Cc1ccccc1. The van der Waals surface area contributed by atoms with Crippen LogP contribution in [0.5, 0.6) is 11.5 Å². The van der Waals surface area contributed by atoms with Gasteiger partial charge in [-0.25, -0.2) is 0 Å².